The Morgan fingerprint density at radius 1 is 1.32 bits per heavy atom. The SMILES string of the molecule is CCC(CC)N(C)S(=O)(=O)c1ccc(F)c(CCl)c1. The van der Waals surface area contributed by atoms with Crippen LogP contribution in [0, 0.1) is 5.82 Å². The maximum absolute atomic E-state index is 13.4. The highest BCUT2D eigenvalue weighted by Crippen LogP contribution is 2.22. The van der Waals surface area contributed by atoms with Crippen LogP contribution in [0.1, 0.15) is 32.3 Å². The first-order valence-corrected chi connectivity index (χ1v) is 8.18. The Kier molecular flexibility index (Phi) is 5.77. The zero-order valence-electron chi connectivity index (χ0n) is 11.4. The largest absolute Gasteiger partial charge is 0.243 e. The molecule has 0 aromatic heterocycles. The Balaban J connectivity index is 3.20. The smallest absolute Gasteiger partial charge is 0.207 e. The van der Waals surface area contributed by atoms with E-state index in [1.807, 2.05) is 13.8 Å². The number of hydrogen-bond acceptors (Lipinski definition) is 2. The van der Waals surface area contributed by atoms with Crippen molar-refractivity contribution >= 4 is 21.6 Å². The molecule has 1 aromatic carbocycles. The zero-order valence-corrected chi connectivity index (χ0v) is 12.9. The van der Waals surface area contributed by atoms with Crippen LogP contribution in [0.3, 0.4) is 0 Å². The van der Waals surface area contributed by atoms with Crippen molar-refractivity contribution in [1.82, 2.24) is 4.31 Å². The molecule has 6 heteroatoms. The van der Waals surface area contributed by atoms with E-state index in [0.29, 0.717) is 0 Å². The first-order valence-electron chi connectivity index (χ1n) is 6.20. The maximum Gasteiger partial charge on any atom is 0.243 e. The van der Waals surface area contributed by atoms with Crippen LogP contribution in [-0.2, 0) is 15.9 Å². The molecule has 0 fully saturated rings. The first kappa shape index (κ1) is 16.4. The van der Waals surface area contributed by atoms with Crippen LogP contribution in [0.2, 0.25) is 0 Å². The van der Waals surface area contributed by atoms with Gasteiger partial charge in [-0.3, -0.25) is 0 Å². The summed E-state index contributed by atoms with van der Waals surface area (Å²) in [6.45, 7) is 3.88. The second-order valence-electron chi connectivity index (χ2n) is 4.38. The molecule has 1 aromatic rings. The van der Waals surface area contributed by atoms with Gasteiger partial charge in [0.05, 0.1) is 10.8 Å². The highest BCUT2D eigenvalue weighted by molar-refractivity contribution is 7.89. The molecule has 19 heavy (non-hydrogen) atoms. The molecule has 0 radical (unpaired) electrons. The van der Waals surface area contributed by atoms with E-state index in [0.717, 1.165) is 18.9 Å². The molecule has 1 rings (SSSR count). The van der Waals surface area contributed by atoms with Gasteiger partial charge in [-0.2, -0.15) is 4.31 Å². The number of rotatable bonds is 6. The lowest BCUT2D eigenvalue weighted by Gasteiger charge is -2.25. The fraction of sp³-hybridized carbons (Fsp3) is 0.538. The second kappa shape index (κ2) is 6.68. The highest BCUT2D eigenvalue weighted by atomic mass is 35.5. The summed E-state index contributed by atoms with van der Waals surface area (Å²) in [4.78, 5) is 0.0824. The summed E-state index contributed by atoms with van der Waals surface area (Å²) in [5.74, 6) is -0.539. The summed E-state index contributed by atoms with van der Waals surface area (Å²) >= 11 is 5.60. The van der Waals surface area contributed by atoms with Crippen molar-refractivity contribution in [2.75, 3.05) is 7.05 Å². The van der Waals surface area contributed by atoms with E-state index in [4.69, 9.17) is 11.6 Å². The average Bonchev–Trinajstić information content (AvgIpc) is 2.40. The predicted molar refractivity (Wildman–Crippen MR) is 75.3 cm³/mol. The summed E-state index contributed by atoms with van der Waals surface area (Å²) < 4.78 is 39.6. The molecule has 0 bridgehead atoms. The van der Waals surface area contributed by atoms with E-state index < -0.39 is 15.8 Å². The van der Waals surface area contributed by atoms with Crippen molar-refractivity contribution in [1.29, 1.82) is 0 Å². The number of hydrogen-bond donors (Lipinski definition) is 0. The van der Waals surface area contributed by atoms with Crippen LogP contribution in [-0.4, -0.2) is 25.8 Å². The van der Waals surface area contributed by atoms with E-state index in [9.17, 15) is 12.8 Å². The molecule has 0 saturated heterocycles. The van der Waals surface area contributed by atoms with Gasteiger partial charge in [-0.15, -0.1) is 11.6 Å². The molecular formula is C13H19ClFNO2S. The number of nitrogens with zero attached hydrogens (tertiary/aromatic N) is 1. The van der Waals surface area contributed by atoms with E-state index in [2.05, 4.69) is 0 Å². The van der Waals surface area contributed by atoms with Gasteiger partial charge in [0.25, 0.3) is 0 Å². The van der Waals surface area contributed by atoms with E-state index in [1.54, 1.807) is 7.05 Å². The Morgan fingerprint density at radius 2 is 1.89 bits per heavy atom. The number of benzene rings is 1. The third-order valence-electron chi connectivity index (χ3n) is 3.29. The van der Waals surface area contributed by atoms with Gasteiger partial charge in [0.2, 0.25) is 10.0 Å². The molecule has 108 valence electrons. The van der Waals surface area contributed by atoms with Crippen molar-refractivity contribution in [3.05, 3.63) is 29.6 Å². The third-order valence-corrected chi connectivity index (χ3v) is 5.49. The molecule has 0 N–H and O–H groups in total. The molecule has 0 aliphatic rings. The minimum Gasteiger partial charge on any atom is -0.207 e. The number of alkyl halides is 1. The van der Waals surface area contributed by atoms with Crippen molar-refractivity contribution in [3.8, 4) is 0 Å². The first-order chi connectivity index (χ1) is 8.88. The van der Waals surface area contributed by atoms with Crippen LogP contribution >= 0.6 is 11.6 Å². The zero-order chi connectivity index (χ0) is 14.6. The molecule has 0 aliphatic heterocycles. The van der Waals surface area contributed by atoms with Crippen LogP contribution in [0.15, 0.2) is 23.1 Å². The molecule has 0 atom stereocenters. The molecule has 0 heterocycles. The summed E-state index contributed by atoms with van der Waals surface area (Å²) in [5.41, 5.74) is 0.195. The Hall–Kier alpha value is -0.650. The summed E-state index contributed by atoms with van der Waals surface area (Å²) in [6, 6.07) is 3.66. The lowest BCUT2D eigenvalue weighted by molar-refractivity contribution is 0.349. The summed E-state index contributed by atoms with van der Waals surface area (Å²) in [7, 11) is -2.05. The van der Waals surface area contributed by atoms with Gasteiger partial charge in [0, 0.05) is 18.7 Å². The van der Waals surface area contributed by atoms with Crippen LogP contribution in [0.4, 0.5) is 4.39 Å². The van der Waals surface area contributed by atoms with Gasteiger partial charge >= 0.3 is 0 Å². The molecular weight excluding hydrogens is 289 g/mol. The van der Waals surface area contributed by atoms with Gasteiger partial charge in [-0.1, -0.05) is 13.8 Å². The molecule has 0 spiro atoms. The summed E-state index contributed by atoms with van der Waals surface area (Å²) in [6.07, 6.45) is 1.46. The Labute approximate surface area is 119 Å². The number of sulfonamides is 1. The topological polar surface area (TPSA) is 37.4 Å². The fourth-order valence-electron chi connectivity index (χ4n) is 1.98. The third kappa shape index (κ3) is 3.46. The fourth-order valence-corrected chi connectivity index (χ4v) is 3.74. The minimum absolute atomic E-state index is 0.0517. The van der Waals surface area contributed by atoms with Gasteiger partial charge < -0.3 is 0 Å². The van der Waals surface area contributed by atoms with Crippen molar-refractivity contribution in [3.63, 3.8) is 0 Å². The van der Waals surface area contributed by atoms with Gasteiger partial charge in [0.1, 0.15) is 5.82 Å². The van der Waals surface area contributed by atoms with E-state index in [1.165, 1.54) is 16.4 Å². The second-order valence-corrected chi connectivity index (χ2v) is 6.64. The van der Waals surface area contributed by atoms with Crippen LogP contribution in [0.5, 0.6) is 0 Å². The van der Waals surface area contributed by atoms with Gasteiger partial charge in [0.15, 0.2) is 0 Å². The minimum atomic E-state index is -3.60. The van der Waals surface area contributed by atoms with E-state index in [-0.39, 0.29) is 22.4 Å². The van der Waals surface area contributed by atoms with Crippen LogP contribution < -0.4 is 0 Å². The van der Waals surface area contributed by atoms with Crippen molar-refractivity contribution in [2.24, 2.45) is 0 Å². The molecule has 3 nitrogen and oxygen atoms in total. The van der Waals surface area contributed by atoms with E-state index >= 15 is 0 Å². The maximum atomic E-state index is 13.4. The molecule has 0 saturated carbocycles. The van der Waals surface area contributed by atoms with Crippen molar-refractivity contribution < 1.29 is 12.8 Å². The lowest BCUT2D eigenvalue weighted by Crippen LogP contribution is -2.36. The predicted octanol–water partition coefficient (Wildman–Crippen LogP) is 3.37. The monoisotopic (exact) mass is 307 g/mol. The van der Waals surface area contributed by atoms with Crippen molar-refractivity contribution in [2.45, 2.75) is 43.5 Å². The molecule has 0 unspecified atom stereocenters. The average molecular weight is 308 g/mol. The number of halogens is 2. The summed E-state index contributed by atoms with van der Waals surface area (Å²) in [5, 5.41) is 0. The Bertz CT molecular complexity index is 529. The van der Waals surface area contributed by atoms with Gasteiger partial charge in [-0.05, 0) is 31.0 Å². The van der Waals surface area contributed by atoms with Crippen LogP contribution in [0.25, 0.3) is 0 Å². The normalized spacial score (nSPS) is 12.4. The Morgan fingerprint density at radius 3 is 2.37 bits per heavy atom. The van der Waals surface area contributed by atoms with Gasteiger partial charge in [-0.25, -0.2) is 12.8 Å². The molecule has 0 amide bonds. The molecule has 0 aliphatic carbocycles. The standard InChI is InChI=1S/C13H19ClFNO2S/c1-4-11(5-2)16(3)19(17,18)12-6-7-13(15)10(8-12)9-14/h6-8,11H,4-5,9H2,1-3H3. The quantitative estimate of drug-likeness (QED) is 0.756. The highest BCUT2D eigenvalue weighted by Gasteiger charge is 2.26. The lowest BCUT2D eigenvalue weighted by atomic mass is 10.2.